The molecule has 2 aromatic carbocycles. The predicted molar refractivity (Wildman–Crippen MR) is 136 cm³/mol. The Morgan fingerprint density at radius 2 is 1.65 bits per heavy atom. The van der Waals surface area contributed by atoms with Gasteiger partial charge in [0.25, 0.3) is 0 Å². The number of carbonyl (C=O) groups excluding carboxylic acids is 2. The lowest BCUT2D eigenvalue weighted by atomic mass is 10.1. The molecule has 0 aliphatic heterocycles. The largest absolute Gasteiger partial charge is 0.355 e. The van der Waals surface area contributed by atoms with E-state index in [1.807, 2.05) is 0 Å². The third-order valence-corrected chi connectivity index (χ3v) is 7.70. The lowest BCUT2D eigenvalue weighted by Gasteiger charge is -2.33. The Bertz CT molecular complexity index is 1100. The zero-order chi connectivity index (χ0) is 25.5. The number of nitrogens with one attached hydrogen (secondary N) is 1. The van der Waals surface area contributed by atoms with E-state index < -0.39 is 28.7 Å². The maximum atomic E-state index is 13.6. The molecule has 34 heavy (non-hydrogen) atoms. The van der Waals surface area contributed by atoms with E-state index in [0.717, 1.165) is 8.61 Å². The third kappa shape index (κ3) is 6.85. The number of halogens is 2. The number of para-hydroxylation sites is 1. The van der Waals surface area contributed by atoms with Crippen molar-refractivity contribution in [2.24, 2.45) is 0 Å². The highest BCUT2D eigenvalue weighted by atomic mass is 35.5. The number of hydrogen-bond acceptors (Lipinski definition) is 4. The molecule has 0 fully saturated rings. The molecule has 0 unspecified atom stereocenters. The van der Waals surface area contributed by atoms with Gasteiger partial charge in [0.15, 0.2) is 0 Å². The minimum Gasteiger partial charge on any atom is -0.355 e. The quantitative estimate of drug-likeness (QED) is 0.482. The molecule has 0 saturated carbocycles. The molecule has 1 atom stereocenters. The van der Waals surface area contributed by atoms with Crippen LogP contribution < -0.4 is 9.62 Å². The fourth-order valence-corrected chi connectivity index (χ4v) is 4.73. The van der Waals surface area contributed by atoms with Crippen LogP contribution in [0.15, 0.2) is 48.5 Å². The monoisotopic (exact) mass is 528 g/mol. The third-order valence-electron chi connectivity index (χ3n) is 5.14. The van der Waals surface area contributed by atoms with Crippen LogP contribution >= 0.6 is 23.2 Å². The van der Waals surface area contributed by atoms with E-state index in [1.165, 1.54) is 19.0 Å². The molecular weight excluding hydrogens is 499 g/mol. The summed E-state index contributed by atoms with van der Waals surface area (Å²) >= 11 is 12.2. The van der Waals surface area contributed by atoms with Crippen LogP contribution in [0.2, 0.25) is 10.0 Å². The Kier molecular flexibility index (Phi) is 10.2. The normalized spacial score (nSPS) is 12.3. The van der Waals surface area contributed by atoms with Crippen molar-refractivity contribution in [1.82, 2.24) is 14.5 Å². The van der Waals surface area contributed by atoms with Crippen LogP contribution in [0.1, 0.15) is 25.8 Å². The van der Waals surface area contributed by atoms with Gasteiger partial charge in [0, 0.05) is 27.2 Å². The van der Waals surface area contributed by atoms with Gasteiger partial charge in [0.05, 0.1) is 15.7 Å². The smallest absolute Gasteiger partial charge is 0.304 e. The Hall–Kier alpha value is -2.33. The molecule has 2 amide bonds. The first-order valence-electron chi connectivity index (χ1n) is 10.8. The molecule has 0 radical (unpaired) electrons. The molecule has 2 rings (SSSR count). The molecule has 11 heteroatoms. The fourth-order valence-electron chi connectivity index (χ4n) is 3.36. The van der Waals surface area contributed by atoms with Gasteiger partial charge in [-0.15, -0.1) is 0 Å². The van der Waals surface area contributed by atoms with Crippen molar-refractivity contribution < 1.29 is 18.0 Å². The summed E-state index contributed by atoms with van der Waals surface area (Å²) < 4.78 is 28.2. The van der Waals surface area contributed by atoms with Gasteiger partial charge in [0.1, 0.15) is 12.6 Å². The molecule has 0 aliphatic carbocycles. The highest BCUT2D eigenvalue weighted by molar-refractivity contribution is 7.90. The summed E-state index contributed by atoms with van der Waals surface area (Å²) in [4.78, 5) is 27.8. The number of hydrogen-bond donors (Lipinski definition) is 1. The Morgan fingerprint density at radius 3 is 2.18 bits per heavy atom. The molecule has 0 spiro atoms. The van der Waals surface area contributed by atoms with E-state index in [1.54, 1.807) is 62.4 Å². The first-order valence-corrected chi connectivity index (χ1v) is 12.9. The van der Waals surface area contributed by atoms with Crippen LogP contribution in [-0.4, -0.2) is 62.7 Å². The summed E-state index contributed by atoms with van der Waals surface area (Å²) in [6.07, 6.45) is 0.338. The second-order valence-corrected chi connectivity index (χ2v) is 10.6. The zero-order valence-corrected chi connectivity index (χ0v) is 22.0. The molecular formula is C23H30Cl2N4O4S. The van der Waals surface area contributed by atoms with Crippen LogP contribution in [0.5, 0.6) is 0 Å². The molecule has 0 heterocycles. The van der Waals surface area contributed by atoms with Crippen molar-refractivity contribution >= 4 is 50.9 Å². The maximum Gasteiger partial charge on any atom is 0.304 e. The van der Waals surface area contributed by atoms with Gasteiger partial charge >= 0.3 is 10.2 Å². The molecule has 8 nitrogen and oxygen atoms in total. The van der Waals surface area contributed by atoms with Crippen molar-refractivity contribution in [3.8, 4) is 0 Å². The van der Waals surface area contributed by atoms with Gasteiger partial charge < -0.3 is 10.2 Å². The van der Waals surface area contributed by atoms with Crippen LogP contribution in [-0.2, 0) is 26.3 Å². The molecule has 0 aliphatic rings. The number of benzene rings is 2. The van der Waals surface area contributed by atoms with Gasteiger partial charge in [-0.2, -0.15) is 12.7 Å². The molecule has 1 N–H and O–H groups in total. The first-order chi connectivity index (χ1) is 16.0. The number of amides is 2. The van der Waals surface area contributed by atoms with E-state index >= 15 is 0 Å². The fraction of sp³-hybridized carbons (Fsp3) is 0.391. The first kappa shape index (κ1) is 27.9. The minimum atomic E-state index is -3.99. The summed E-state index contributed by atoms with van der Waals surface area (Å²) in [7, 11) is -1.20. The molecule has 186 valence electrons. The number of nitrogens with zero attached hydrogens (tertiary/aromatic N) is 3. The van der Waals surface area contributed by atoms with Crippen LogP contribution in [0.4, 0.5) is 5.69 Å². The van der Waals surface area contributed by atoms with Gasteiger partial charge in [-0.1, -0.05) is 54.4 Å². The Balaban J connectivity index is 2.49. The molecule has 0 aromatic heterocycles. The number of carbonyl (C=O) groups is 2. The van der Waals surface area contributed by atoms with Crippen molar-refractivity contribution in [3.63, 3.8) is 0 Å². The number of likely N-dealkylation sites (N-methyl/N-ethyl adjacent to an activating group) is 1. The SMILES string of the molecule is CCNC(=O)[C@H](CC)N(Cc1ccc(Cl)c(Cl)c1)C(=O)CN(c1ccccc1)S(=O)(=O)N(C)C. The summed E-state index contributed by atoms with van der Waals surface area (Å²) in [5.41, 5.74) is 0.998. The van der Waals surface area contributed by atoms with Gasteiger partial charge in [-0.05, 0) is 43.2 Å². The van der Waals surface area contributed by atoms with Crippen molar-refractivity contribution in [1.29, 1.82) is 0 Å². The topological polar surface area (TPSA) is 90.0 Å². The lowest BCUT2D eigenvalue weighted by molar-refractivity contribution is -0.140. The maximum absolute atomic E-state index is 13.6. The summed E-state index contributed by atoms with van der Waals surface area (Å²) in [5, 5.41) is 3.44. The summed E-state index contributed by atoms with van der Waals surface area (Å²) in [5.74, 6) is -0.849. The van der Waals surface area contributed by atoms with E-state index in [9.17, 15) is 18.0 Å². The van der Waals surface area contributed by atoms with E-state index in [4.69, 9.17) is 23.2 Å². The summed E-state index contributed by atoms with van der Waals surface area (Å²) in [6, 6.07) is 12.5. The van der Waals surface area contributed by atoms with Crippen molar-refractivity contribution in [2.45, 2.75) is 32.9 Å². The van der Waals surface area contributed by atoms with Crippen LogP contribution in [0, 0.1) is 0 Å². The van der Waals surface area contributed by atoms with E-state index in [2.05, 4.69) is 5.32 Å². The van der Waals surface area contributed by atoms with Gasteiger partial charge in [-0.3, -0.25) is 9.59 Å². The standard InChI is InChI=1S/C23H30Cl2N4O4S/c1-5-21(23(31)26-6-2)28(15-17-12-13-19(24)20(25)14-17)22(30)16-29(34(32,33)27(3)4)18-10-8-7-9-11-18/h7-14,21H,5-6,15-16H2,1-4H3,(H,26,31)/t21-/m0/s1. The predicted octanol–water partition coefficient (Wildman–Crippen LogP) is 3.55. The van der Waals surface area contributed by atoms with Gasteiger partial charge in [0.2, 0.25) is 11.8 Å². The van der Waals surface area contributed by atoms with E-state index in [0.29, 0.717) is 34.3 Å². The van der Waals surface area contributed by atoms with Gasteiger partial charge in [-0.25, -0.2) is 4.31 Å². The van der Waals surface area contributed by atoms with E-state index in [-0.39, 0.29) is 12.5 Å². The minimum absolute atomic E-state index is 0.0516. The second kappa shape index (κ2) is 12.4. The molecule has 2 aromatic rings. The Labute approximate surface area is 211 Å². The second-order valence-electron chi connectivity index (χ2n) is 7.72. The van der Waals surface area contributed by atoms with Crippen molar-refractivity contribution in [3.05, 3.63) is 64.1 Å². The average Bonchev–Trinajstić information content (AvgIpc) is 2.80. The lowest BCUT2D eigenvalue weighted by Crippen LogP contribution is -2.53. The summed E-state index contributed by atoms with van der Waals surface area (Å²) in [6.45, 7) is 3.55. The molecule has 0 saturated heterocycles. The van der Waals surface area contributed by atoms with Crippen molar-refractivity contribution in [2.75, 3.05) is 31.5 Å². The Morgan fingerprint density at radius 1 is 1.00 bits per heavy atom. The number of anilines is 1. The average molecular weight is 529 g/mol. The molecule has 0 bridgehead atoms. The van der Waals surface area contributed by atoms with Crippen LogP contribution in [0.25, 0.3) is 0 Å². The zero-order valence-electron chi connectivity index (χ0n) is 19.7. The highest BCUT2D eigenvalue weighted by Gasteiger charge is 2.33. The van der Waals surface area contributed by atoms with Crippen LogP contribution in [0.3, 0.4) is 0 Å². The highest BCUT2D eigenvalue weighted by Crippen LogP contribution is 2.25. The number of rotatable bonds is 11.